The third kappa shape index (κ3) is 3.57. The van der Waals surface area contributed by atoms with Gasteiger partial charge in [0.05, 0.1) is 22.2 Å². The Labute approximate surface area is 123 Å². The van der Waals surface area contributed by atoms with Crippen LogP contribution in [0.25, 0.3) is 0 Å². The van der Waals surface area contributed by atoms with Crippen molar-refractivity contribution in [3.63, 3.8) is 0 Å². The van der Waals surface area contributed by atoms with Gasteiger partial charge in [0.2, 0.25) is 0 Å². The molecule has 1 N–H and O–H groups in total. The second kappa shape index (κ2) is 6.21. The van der Waals surface area contributed by atoms with Gasteiger partial charge >= 0.3 is 0 Å². The fourth-order valence-corrected chi connectivity index (χ4v) is 2.19. The van der Waals surface area contributed by atoms with Crippen LogP contribution in [0.3, 0.4) is 0 Å². The quantitative estimate of drug-likeness (QED) is 0.900. The number of amides is 1. The van der Waals surface area contributed by atoms with E-state index in [0.717, 1.165) is 6.54 Å². The highest BCUT2D eigenvalue weighted by atomic mass is 79.9. The zero-order valence-electron chi connectivity index (χ0n) is 10.3. The number of aryl methyl sites for hydroxylation is 1. The van der Waals surface area contributed by atoms with Crippen molar-refractivity contribution >= 4 is 33.4 Å². The lowest BCUT2D eigenvalue weighted by molar-refractivity contribution is 0.0945. The summed E-state index contributed by atoms with van der Waals surface area (Å²) in [6, 6.07) is 0. The maximum absolute atomic E-state index is 11.9. The second-order valence-corrected chi connectivity index (χ2v) is 5.15. The van der Waals surface area contributed by atoms with Crippen LogP contribution in [0.1, 0.15) is 17.4 Å². The summed E-state index contributed by atoms with van der Waals surface area (Å²) in [5, 5.41) is 11.6. The largest absolute Gasteiger partial charge is 0.349 e. The standard InChI is InChI=1S/C11H13BrClN5O/c1-2-17-7-9(12)10(16-17)11(19)14-3-4-18-6-8(13)5-15-18/h5-7H,2-4H2,1H3,(H,14,19). The Morgan fingerprint density at radius 1 is 1.47 bits per heavy atom. The van der Waals surface area contributed by atoms with Crippen LogP contribution < -0.4 is 5.32 Å². The Bertz CT molecular complexity index is 579. The van der Waals surface area contributed by atoms with Gasteiger partial charge in [0.15, 0.2) is 5.69 Å². The predicted octanol–water partition coefficient (Wildman–Crippen LogP) is 1.95. The van der Waals surface area contributed by atoms with E-state index in [4.69, 9.17) is 11.6 Å². The van der Waals surface area contributed by atoms with E-state index < -0.39 is 0 Å². The lowest BCUT2D eigenvalue weighted by atomic mass is 10.4. The minimum Gasteiger partial charge on any atom is -0.349 e. The molecule has 1 amide bonds. The van der Waals surface area contributed by atoms with Crippen molar-refractivity contribution in [3.8, 4) is 0 Å². The highest BCUT2D eigenvalue weighted by molar-refractivity contribution is 9.10. The van der Waals surface area contributed by atoms with Gasteiger partial charge in [-0.15, -0.1) is 0 Å². The Morgan fingerprint density at radius 2 is 2.26 bits per heavy atom. The zero-order chi connectivity index (χ0) is 13.8. The molecule has 0 aliphatic carbocycles. The van der Waals surface area contributed by atoms with E-state index >= 15 is 0 Å². The zero-order valence-corrected chi connectivity index (χ0v) is 12.6. The van der Waals surface area contributed by atoms with Crippen LogP contribution in [0.15, 0.2) is 23.1 Å². The summed E-state index contributed by atoms with van der Waals surface area (Å²) >= 11 is 9.07. The minimum atomic E-state index is -0.211. The highest BCUT2D eigenvalue weighted by Gasteiger charge is 2.14. The average Bonchev–Trinajstić information content (AvgIpc) is 2.95. The SMILES string of the molecule is CCn1cc(Br)c(C(=O)NCCn2cc(Cl)cn2)n1. The molecule has 2 aromatic rings. The molecule has 0 fully saturated rings. The average molecular weight is 347 g/mol. The molecule has 2 rings (SSSR count). The van der Waals surface area contributed by atoms with Crippen LogP contribution in [0.5, 0.6) is 0 Å². The molecule has 19 heavy (non-hydrogen) atoms. The number of nitrogens with one attached hydrogen (secondary N) is 1. The normalized spacial score (nSPS) is 10.7. The second-order valence-electron chi connectivity index (χ2n) is 3.86. The molecule has 0 saturated heterocycles. The molecule has 8 heteroatoms. The van der Waals surface area contributed by atoms with Gasteiger partial charge in [0.25, 0.3) is 5.91 Å². The van der Waals surface area contributed by atoms with Crippen LogP contribution >= 0.6 is 27.5 Å². The molecule has 6 nitrogen and oxygen atoms in total. The summed E-state index contributed by atoms with van der Waals surface area (Å²) in [6.45, 7) is 3.70. The van der Waals surface area contributed by atoms with Crippen LogP contribution in [-0.4, -0.2) is 32.0 Å². The Hall–Kier alpha value is -1.34. The molecule has 0 spiro atoms. The van der Waals surface area contributed by atoms with Crippen LogP contribution in [0.2, 0.25) is 5.02 Å². The molecule has 0 radical (unpaired) electrons. The first kappa shape index (κ1) is 14.1. The Kier molecular flexibility index (Phi) is 4.60. The van der Waals surface area contributed by atoms with Gasteiger partial charge in [0.1, 0.15) is 0 Å². The first-order chi connectivity index (χ1) is 9.10. The van der Waals surface area contributed by atoms with E-state index in [1.165, 1.54) is 0 Å². The summed E-state index contributed by atoms with van der Waals surface area (Å²) < 4.78 is 4.06. The maximum Gasteiger partial charge on any atom is 0.273 e. The first-order valence-electron chi connectivity index (χ1n) is 5.79. The number of carbonyl (C=O) groups excluding carboxylic acids is 1. The number of aromatic nitrogens is 4. The van der Waals surface area contributed by atoms with Crippen molar-refractivity contribution in [2.24, 2.45) is 0 Å². The summed E-state index contributed by atoms with van der Waals surface area (Å²) in [4.78, 5) is 11.9. The van der Waals surface area contributed by atoms with Crippen molar-refractivity contribution in [1.29, 1.82) is 0 Å². The van der Waals surface area contributed by atoms with Crippen LogP contribution in [0, 0.1) is 0 Å². The fourth-order valence-electron chi connectivity index (χ4n) is 1.54. The van der Waals surface area contributed by atoms with Crippen molar-refractivity contribution in [3.05, 3.63) is 33.8 Å². The molecule has 0 unspecified atom stereocenters. The third-order valence-corrected chi connectivity index (χ3v) is 3.26. The monoisotopic (exact) mass is 345 g/mol. The number of hydrogen-bond acceptors (Lipinski definition) is 3. The topological polar surface area (TPSA) is 64.7 Å². The van der Waals surface area contributed by atoms with Gasteiger partial charge in [0, 0.05) is 25.5 Å². The predicted molar refractivity (Wildman–Crippen MR) is 75.2 cm³/mol. The van der Waals surface area contributed by atoms with Crippen molar-refractivity contribution in [1.82, 2.24) is 24.9 Å². The molecule has 102 valence electrons. The molecular weight excluding hydrogens is 334 g/mol. The van der Waals surface area contributed by atoms with Gasteiger partial charge in [-0.05, 0) is 22.9 Å². The van der Waals surface area contributed by atoms with Gasteiger partial charge in [-0.3, -0.25) is 14.2 Å². The molecule has 0 aromatic carbocycles. The molecule has 0 bridgehead atoms. The van der Waals surface area contributed by atoms with E-state index in [2.05, 4.69) is 31.4 Å². The summed E-state index contributed by atoms with van der Waals surface area (Å²) in [7, 11) is 0. The highest BCUT2D eigenvalue weighted by Crippen LogP contribution is 2.14. The Morgan fingerprint density at radius 3 is 2.84 bits per heavy atom. The van der Waals surface area contributed by atoms with Gasteiger partial charge < -0.3 is 5.32 Å². The number of nitrogens with zero attached hydrogens (tertiary/aromatic N) is 4. The minimum absolute atomic E-state index is 0.211. The molecule has 0 atom stereocenters. The van der Waals surface area contributed by atoms with E-state index in [1.807, 2.05) is 6.92 Å². The lowest BCUT2D eigenvalue weighted by Crippen LogP contribution is -2.28. The van der Waals surface area contributed by atoms with Crippen molar-refractivity contribution in [2.45, 2.75) is 20.0 Å². The smallest absolute Gasteiger partial charge is 0.273 e. The number of rotatable bonds is 5. The van der Waals surface area contributed by atoms with Gasteiger partial charge in [-0.2, -0.15) is 10.2 Å². The molecule has 0 saturated carbocycles. The van der Waals surface area contributed by atoms with E-state index in [-0.39, 0.29) is 5.91 Å². The summed E-state index contributed by atoms with van der Waals surface area (Å²) in [5.74, 6) is -0.211. The van der Waals surface area contributed by atoms with Gasteiger partial charge in [-0.1, -0.05) is 11.6 Å². The van der Waals surface area contributed by atoms with Crippen LogP contribution in [0.4, 0.5) is 0 Å². The van der Waals surface area contributed by atoms with E-state index in [1.54, 1.807) is 28.0 Å². The van der Waals surface area contributed by atoms with Gasteiger partial charge in [-0.25, -0.2) is 0 Å². The molecule has 0 aliphatic heterocycles. The molecular formula is C11H13BrClN5O. The summed E-state index contributed by atoms with van der Waals surface area (Å²) in [6.07, 6.45) is 5.04. The van der Waals surface area contributed by atoms with Crippen molar-refractivity contribution < 1.29 is 4.79 Å². The number of halogens is 2. The Balaban J connectivity index is 1.88. The van der Waals surface area contributed by atoms with Crippen molar-refractivity contribution in [2.75, 3.05) is 6.54 Å². The molecule has 0 aliphatic rings. The van der Waals surface area contributed by atoms with Crippen LogP contribution in [-0.2, 0) is 13.1 Å². The molecule has 2 heterocycles. The lowest BCUT2D eigenvalue weighted by Gasteiger charge is -2.03. The first-order valence-corrected chi connectivity index (χ1v) is 6.96. The fraction of sp³-hybridized carbons (Fsp3) is 0.364. The summed E-state index contributed by atoms with van der Waals surface area (Å²) in [5.41, 5.74) is 0.389. The maximum atomic E-state index is 11.9. The number of carbonyl (C=O) groups is 1. The third-order valence-electron chi connectivity index (χ3n) is 2.48. The molecule has 2 aromatic heterocycles. The van der Waals surface area contributed by atoms with E-state index in [0.29, 0.717) is 28.3 Å². The number of hydrogen-bond donors (Lipinski definition) is 1. The van der Waals surface area contributed by atoms with E-state index in [9.17, 15) is 4.79 Å².